The molecule has 0 aliphatic heterocycles. The summed E-state index contributed by atoms with van der Waals surface area (Å²) < 4.78 is 343. The van der Waals surface area contributed by atoms with Crippen LogP contribution in [-0.4, -0.2) is 11.9 Å². The maximum atomic E-state index is 14.2. The lowest BCUT2D eigenvalue weighted by Gasteiger charge is -2.46. The number of rotatable bonds is 8. The zero-order valence-corrected chi connectivity index (χ0v) is 36.7. The van der Waals surface area contributed by atoms with E-state index in [0.717, 1.165) is 11.1 Å². The van der Waals surface area contributed by atoms with Crippen molar-refractivity contribution in [2.24, 2.45) is 0 Å². The maximum absolute atomic E-state index is 14.2. The smallest absolute Gasteiger partial charge is 0.287 e. The Labute approximate surface area is 404 Å². The summed E-state index contributed by atoms with van der Waals surface area (Å²) in [5.74, 6) is 0.599. The summed E-state index contributed by atoms with van der Waals surface area (Å²) >= 11 is 5.70. The summed E-state index contributed by atoms with van der Waals surface area (Å²) in [6.45, 7) is 0.354. The monoisotopic (exact) mass is 1110 g/mol. The van der Waals surface area contributed by atoms with E-state index >= 15 is 0 Å². The fourth-order valence-corrected chi connectivity index (χ4v) is 7.81. The lowest BCUT2D eigenvalue weighted by molar-refractivity contribution is -0.683. The van der Waals surface area contributed by atoms with Gasteiger partial charge in [-0.15, -0.1) is 11.6 Å². The molecule has 0 spiro atoms. The highest BCUT2D eigenvalue weighted by molar-refractivity contribution is 7.20. The molecule has 398 valence electrons. The summed E-state index contributed by atoms with van der Waals surface area (Å²) in [6.07, 6.45) is -51.1. The number of hydrogen-bond acceptors (Lipinski definition) is 1. The van der Waals surface area contributed by atoms with E-state index in [0.29, 0.717) is 12.4 Å². The SMILES string of the molecule is FC(F)(F)c1cc([B-](c2cc(C(F)(F)F)cc(C(F)(F)F)c2)(c2cc(C(F)(F)F)cc(C(F)(F)F)c2)c2cc(C(F)(F)F)cc(C(F)(F)F)c2)cc(C(F)(F)F)c1.O=C(C[n+]1ccc(CCl)cc1)c1ccccc1. The highest BCUT2D eigenvalue weighted by atomic mass is 35.5. The fraction of sp³-hybridized carbons (Fsp3) is 0.217. The van der Waals surface area contributed by atoms with Crippen molar-refractivity contribution in [1.29, 1.82) is 0 Å². The van der Waals surface area contributed by atoms with Gasteiger partial charge in [0.15, 0.2) is 12.4 Å². The third kappa shape index (κ3) is 13.7. The van der Waals surface area contributed by atoms with E-state index in [-0.39, 0.29) is 5.78 Å². The third-order valence-corrected chi connectivity index (χ3v) is 11.3. The maximum Gasteiger partial charge on any atom is 0.416 e. The van der Waals surface area contributed by atoms with Gasteiger partial charge >= 0.3 is 49.4 Å². The van der Waals surface area contributed by atoms with Gasteiger partial charge in [-0.1, -0.05) is 78.9 Å². The molecule has 1 heterocycles. The first-order valence-electron chi connectivity index (χ1n) is 20.0. The molecule has 6 aromatic rings. The highest BCUT2D eigenvalue weighted by Crippen LogP contribution is 2.41. The number of Topliss-reactive ketones (excluding diaryl/α,β-unsaturated/α-hetero) is 1. The van der Waals surface area contributed by atoms with Crippen molar-refractivity contribution in [1.82, 2.24) is 0 Å². The second-order valence-electron chi connectivity index (χ2n) is 16.0. The van der Waals surface area contributed by atoms with Gasteiger partial charge in [0.05, 0.1) is 44.5 Å². The predicted molar refractivity (Wildman–Crippen MR) is 217 cm³/mol. The van der Waals surface area contributed by atoms with Crippen molar-refractivity contribution in [3.05, 3.63) is 183 Å². The normalized spacial score (nSPS) is 13.4. The number of alkyl halides is 25. The van der Waals surface area contributed by atoms with E-state index in [1.807, 2.05) is 59.4 Å². The van der Waals surface area contributed by atoms with E-state index in [4.69, 9.17) is 11.6 Å². The van der Waals surface area contributed by atoms with Crippen LogP contribution in [0.4, 0.5) is 105 Å². The Bertz CT molecular complexity index is 2530. The molecule has 0 N–H and O–H groups in total. The second-order valence-corrected chi connectivity index (χ2v) is 16.3. The molecule has 0 radical (unpaired) electrons. The van der Waals surface area contributed by atoms with Crippen molar-refractivity contribution in [3.63, 3.8) is 0 Å². The van der Waals surface area contributed by atoms with Gasteiger partial charge in [-0.2, -0.15) is 132 Å². The summed E-state index contributed by atoms with van der Waals surface area (Å²) in [6, 6.07) is 4.33. The van der Waals surface area contributed by atoms with Crippen LogP contribution in [-0.2, 0) is 61.8 Å². The Morgan fingerprint density at radius 1 is 0.365 bits per heavy atom. The Balaban J connectivity index is 0.000000500. The summed E-state index contributed by atoms with van der Waals surface area (Å²) in [4.78, 5) is 11.9. The molecule has 0 bridgehead atoms. The molecular formula is C46H25BClF24NO. The third-order valence-electron chi connectivity index (χ3n) is 11.0. The molecule has 74 heavy (non-hydrogen) atoms. The van der Waals surface area contributed by atoms with E-state index in [1.54, 1.807) is 0 Å². The second kappa shape index (κ2) is 20.4. The lowest BCUT2D eigenvalue weighted by Crippen LogP contribution is -2.75. The Kier molecular flexibility index (Phi) is 16.1. The minimum absolute atomic E-state index is 0.106. The average Bonchev–Trinajstić information content (AvgIpc) is 3.27. The molecule has 6 rings (SSSR count). The minimum Gasteiger partial charge on any atom is -0.287 e. The molecule has 0 amide bonds. The van der Waals surface area contributed by atoms with Gasteiger partial charge in [-0.3, -0.25) is 4.79 Å². The standard InChI is InChI=1S/C32H12BF24.C14H13ClNO/c34-25(35,36)13-1-14(26(37,38)39)6-21(5-13)33(22-7-15(27(40,41)42)2-16(8-22)28(43,44)45,23-9-17(29(46,47)48)3-18(10-23)30(49,50)51)24-11-19(31(52,53)54)4-20(12-24)32(55,56)57;15-10-12-6-8-16(9-7-12)11-14(17)13-4-2-1-3-5-13/h1-12H;1-9H,10-11H2/q-1;+1. The molecular weight excluding hydrogens is 1080 g/mol. The van der Waals surface area contributed by atoms with Crippen LogP contribution < -0.4 is 26.4 Å². The minimum atomic E-state index is -6.13. The van der Waals surface area contributed by atoms with Gasteiger partial charge in [0.1, 0.15) is 6.15 Å². The number of pyridine rings is 1. The van der Waals surface area contributed by atoms with Gasteiger partial charge in [0, 0.05) is 23.6 Å². The van der Waals surface area contributed by atoms with E-state index in [2.05, 4.69) is 0 Å². The first-order valence-corrected chi connectivity index (χ1v) is 20.6. The molecule has 2 nitrogen and oxygen atoms in total. The van der Waals surface area contributed by atoms with Crippen LogP contribution in [0.1, 0.15) is 60.4 Å². The molecule has 1 aromatic heterocycles. The number of benzene rings is 5. The topological polar surface area (TPSA) is 20.9 Å². The van der Waals surface area contributed by atoms with Crippen LogP contribution in [0.25, 0.3) is 0 Å². The number of carbonyl (C=O) groups is 1. The molecule has 0 atom stereocenters. The lowest BCUT2D eigenvalue weighted by atomic mass is 9.12. The summed E-state index contributed by atoms with van der Waals surface area (Å²) in [7, 11) is 0. The van der Waals surface area contributed by atoms with Crippen LogP contribution in [0.15, 0.2) is 128 Å². The van der Waals surface area contributed by atoms with Gasteiger partial charge in [-0.05, 0) is 29.8 Å². The highest BCUT2D eigenvalue weighted by Gasteiger charge is 2.47. The Morgan fingerprint density at radius 3 is 0.797 bits per heavy atom. The first-order chi connectivity index (χ1) is 33.6. The van der Waals surface area contributed by atoms with Crippen molar-refractivity contribution in [2.75, 3.05) is 0 Å². The van der Waals surface area contributed by atoms with Crippen LogP contribution in [0.3, 0.4) is 0 Å². The van der Waals surface area contributed by atoms with E-state index < -0.39 is 195 Å². The molecule has 0 saturated heterocycles. The van der Waals surface area contributed by atoms with Crippen molar-refractivity contribution >= 4 is 45.4 Å². The van der Waals surface area contributed by atoms with Crippen LogP contribution >= 0.6 is 11.6 Å². The molecule has 5 aromatic carbocycles. The number of halogens is 25. The molecule has 0 saturated carbocycles. The van der Waals surface area contributed by atoms with Crippen LogP contribution in [0.5, 0.6) is 0 Å². The van der Waals surface area contributed by atoms with Crippen molar-refractivity contribution < 1.29 is 115 Å². The van der Waals surface area contributed by atoms with Crippen molar-refractivity contribution in [2.45, 2.75) is 61.8 Å². The molecule has 0 aliphatic carbocycles. The molecule has 0 unspecified atom stereocenters. The Morgan fingerprint density at radius 2 is 0.595 bits per heavy atom. The molecule has 0 aliphatic rings. The van der Waals surface area contributed by atoms with E-state index in [1.165, 1.54) is 0 Å². The number of aromatic nitrogens is 1. The average molecular weight is 1110 g/mol. The number of hydrogen-bond donors (Lipinski definition) is 0. The molecule has 0 fully saturated rings. The largest absolute Gasteiger partial charge is 0.416 e. The Hall–Kier alpha value is -6.41. The predicted octanol–water partition coefficient (Wildman–Crippen LogP) is 13.8. The van der Waals surface area contributed by atoms with E-state index in [9.17, 15) is 110 Å². The van der Waals surface area contributed by atoms with Gasteiger partial charge in [-0.25, -0.2) is 0 Å². The fourth-order valence-electron chi connectivity index (χ4n) is 7.63. The zero-order chi connectivity index (χ0) is 56.0. The number of carbonyl (C=O) groups excluding carboxylic acids is 1. The molecule has 28 heteroatoms. The van der Waals surface area contributed by atoms with Crippen molar-refractivity contribution in [3.8, 4) is 0 Å². The quantitative estimate of drug-likeness (QED) is 0.0489. The van der Waals surface area contributed by atoms with Gasteiger partial charge in [0.2, 0.25) is 12.3 Å². The van der Waals surface area contributed by atoms with Crippen LogP contribution in [0, 0.1) is 0 Å². The van der Waals surface area contributed by atoms with Crippen LogP contribution in [0.2, 0.25) is 0 Å². The summed E-state index contributed by atoms with van der Waals surface area (Å²) in [5.41, 5.74) is -28.4. The van der Waals surface area contributed by atoms with Gasteiger partial charge < -0.3 is 0 Å². The summed E-state index contributed by atoms with van der Waals surface area (Å²) in [5, 5.41) is 0. The number of nitrogens with zero attached hydrogens (tertiary/aromatic N) is 1. The number of ketones is 1. The first kappa shape index (κ1) is 58.5. The van der Waals surface area contributed by atoms with Gasteiger partial charge in [0.25, 0.3) is 0 Å². The zero-order valence-electron chi connectivity index (χ0n) is 35.9.